The normalized spacial score (nSPS) is 27.2. The minimum absolute atomic E-state index is 0.0165. The average molecular weight is 579 g/mol. The second kappa shape index (κ2) is 12.1. The van der Waals surface area contributed by atoms with Gasteiger partial charge in [0.1, 0.15) is 6.04 Å². The van der Waals surface area contributed by atoms with E-state index in [1.54, 1.807) is 16.7 Å². The molecule has 2 unspecified atom stereocenters. The monoisotopic (exact) mass is 578 g/mol. The molecule has 3 heterocycles. The summed E-state index contributed by atoms with van der Waals surface area (Å²) in [6.07, 6.45) is 1.46. The first-order valence-corrected chi connectivity index (χ1v) is 15.7. The highest BCUT2D eigenvalue weighted by molar-refractivity contribution is 8.02. The number of hydrogen-bond donors (Lipinski definition) is 3. The van der Waals surface area contributed by atoms with E-state index in [4.69, 9.17) is 0 Å². The largest absolute Gasteiger partial charge is 0.394 e. The lowest BCUT2D eigenvalue weighted by atomic mass is 9.70. The first-order valence-electron chi connectivity index (χ1n) is 14.8. The van der Waals surface area contributed by atoms with Gasteiger partial charge in [-0.05, 0) is 62.4 Å². The Labute approximate surface area is 247 Å². The van der Waals surface area contributed by atoms with Crippen molar-refractivity contribution in [2.45, 2.75) is 69.2 Å². The molecule has 0 aromatic heterocycles. The number of benzene rings is 2. The minimum atomic E-state index is -0.774. The number of hydrogen-bond acceptors (Lipinski definition) is 6. The van der Waals surface area contributed by atoms with E-state index in [1.807, 2.05) is 68.4 Å². The number of likely N-dealkylation sites (tertiary alicyclic amines) is 1. The number of aliphatic hydroxyl groups is 1. The number of fused-ring (bicyclic) bond motifs is 1. The van der Waals surface area contributed by atoms with Crippen molar-refractivity contribution in [3.8, 4) is 0 Å². The van der Waals surface area contributed by atoms with Gasteiger partial charge in [0.25, 0.3) is 0 Å². The van der Waals surface area contributed by atoms with E-state index in [9.17, 15) is 19.5 Å². The molecule has 0 radical (unpaired) electrons. The van der Waals surface area contributed by atoms with Gasteiger partial charge < -0.3 is 25.5 Å². The lowest BCUT2D eigenvalue weighted by molar-refractivity contribution is -0.143. The van der Waals surface area contributed by atoms with E-state index in [0.717, 1.165) is 30.8 Å². The molecule has 220 valence electrons. The Morgan fingerprint density at radius 3 is 2.37 bits per heavy atom. The minimum Gasteiger partial charge on any atom is -0.394 e. The number of amides is 3. The summed E-state index contributed by atoms with van der Waals surface area (Å²) in [6.45, 7) is 10.1. The van der Waals surface area contributed by atoms with Crippen LogP contribution in [-0.2, 0) is 20.9 Å². The van der Waals surface area contributed by atoms with Gasteiger partial charge in [0.2, 0.25) is 17.7 Å². The van der Waals surface area contributed by atoms with Gasteiger partial charge in [0.15, 0.2) is 0 Å². The van der Waals surface area contributed by atoms with E-state index in [-0.39, 0.29) is 35.5 Å². The molecule has 8 nitrogen and oxygen atoms in total. The number of nitrogens with zero attached hydrogens (tertiary/aromatic N) is 2. The molecule has 41 heavy (non-hydrogen) atoms. The Bertz CT molecular complexity index is 1250. The van der Waals surface area contributed by atoms with Crippen molar-refractivity contribution >= 4 is 40.9 Å². The number of thioether (sulfide) groups is 1. The van der Waals surface area contributed by atoms with Crippen LogP contribution in [0.1, 0.15) is 46.1 Å². The Morgan fingerprint density at radius 1 is 1.07 bits per heavy atom. The summed E-state index contributed by atoms with van der Waals surface area (Å²) in [5.74, 6) is -1.75. The Kier molecular flexibility index (Phi) is 8.66. The topological polar surface area (TPSA) is 102 Å². The van der Waals surface area contributed by atoms with Gasteiger partial charge >= 0.3 is 0 Å². The summed E-state index contributed by atoms with van der Waals surface area (Å²) in [4.78, 5) is 45.9. The van der Waals surface area contributed by atoms with Gasteiger partial charge in [-0.2, -0.15) is 0 Å². The molecular weight excluding hydrogens is 536 g/mol. The van der Waals surface area contributed by atoms with Crippen molar-refractivity contribution in [1.29, 1.82) is 0 Å². The molecule has 3 fully saturated rings. The van der Waals surface area contributed by atoms with E-state index < -0.39 is 28.7 Å². The van der Waals surface area contributed by atoms with Crippen LogP contribution in [-0.4, -0.2) is 69.5 Å². The van der Waals surface area contributed by atoms with Crippen LogP contribution in [0.4, 0.5) is 11.4 Å². The molecule has 0 saturated carbocycles. The fraction of sp³-hybridized carbons (Fsp3) is 0.531. The maximum absolute atomic E-state index is 14.3. The summed E-state index contributed by atoms with van der Waals surface area (Å²) < 4.78 is -0.704. The third-order valence-corrected chi connectivity index (χ3v) is 11.1. The maximum Gasteiger partial charge on any atom is 0.248 e. The average Bonchev–Trinajstić information content (AvgIpc) is 3.62. The van der Waals surface area contributed by atoms with Crippen LogP contribution >= 0.6 is 11.8 Å². The molecule has 3 aliphatic rings. The van der Waals surface area contributed by atoms with E-state index in [2.05, 4.69) is 29.4 Å². The van der Waals surface area contributed by atoms with E-state index >= 15 is 0 Å². The summed E-state index contributed by atoms with van der Waals surface area (Å²) >= 11 is 1.64. The molecule has 3 amide bonds. The molecule has 2 bridgehead atoms. The number of rotatable bonds is 11. The molecule has 3 saturated heterocycles. The predicted octanol–water partition coefficient (Wildman–Crippen LogP) is 3.90. The number of anilines is 2. The van der Waals surface area contributed by atoms with Gasteiger partial charge in [-0.3, -0.25) is 14.4 Å². The zero-order chi connectivity index (χ0) is 29.3. The van der Waals surface area contributed by atoms with Gasteiger partial charge in [-0.15, -0.1) is 11.8 Å². The zero-order valence-corrected chi connectivity index (χ0v) is 25.2. The maximum atomic E-state index is 14.3. The Hall–Kier alpha value is -3.04. The lowest BCUT2D eigenvalue weighted by Crippen LogP contribution is -2.56. The number of nitrogens with one attached hydrogen (secondary N) is 2. The smallest absolute Gasteiger partial charge is 0.248 e. The molecule has 0 aliphatic carbocycles. The molecular formula is C32H42N4O4S. The van der Waals surface area contributed by atoms with Crippen LogP contribution < -0.4 is 15.5 Å². The third kappa shape index (κ3) is 5.23. The molecule has 9 heteroatoms. The SMILES string of the molecule is CCN(CC)c1ccc(NC(=O)C2N([C@@H](CO)C(C)C)C(=O)[C@@H]3[C@@H](C(=O)NCc4ccccc4)[C@H]4CCC23S4)cc1. The third-order valence-electron chi connectivity index (χ3n) is 9.18. The summed E-state index contributed by atoms with van der Waals surface area (Å²) in [6, 6.07) is 16.2. The van der Waals surface area contributed by atoms with Gasteiger partial charge in [0, 0.05) is 36.3 Å². The van der Waals surface area contributed by atoms with E-state index in [0.29, 0.717) is 18.7 Å². The predicted molar refractivity (Wildman–Crippen MR) is 164 cm³/mol. The second-order valence-electron chi connectivity index (χ2n) is 11.7. The fourth-order valence-electron chi connectivity index (χ4n) is 7.13. The molecule has 2 aromatic rings. The Balaban J connectivity index is 1.43. The summed E-state index contributed by atoms with van der Waals surface area (Å²) in [5, 5.41) is 16.5. The number of carbonyl (C=O) groups is 3. The van der Waals surface area contributed by atoms with Crippen LogP contribution in [0, 0.1) is 17.8 Å². The number of carbonyl (C=O) groups excluding carboxylic acids is 3. The zero-order valence-electron chi connectivity index (χ0n) is 24.4. The highest BCUT2D eigenvalue weighted by atomic mass is 32.2. The highest BCUT2D eigenvalue weighted by Crippen LogP contribution is 2.66. The van der Waals surface area contributed by atoms with Gasteiger partial charge in [0.05, 0.1) is 29.2 Å². The van der Waals surface area contributed by atoms with Crippen LogP contribution in [0.3, 0.4) is 0 Å². The molecule has 5 rings (SSSR count). The molecule has 1 spiro atoms. The molecule has 3 N–H and O–H groups in total. The molecule has 6 atom stereocenters. The van der Waals surface area contributed by atoms with Crippen molar-refractivity contribution in [2.75, 3.05) is 29.9 Å². The summed E-state index contributed by atoms with van der Waals surface area (Å²) in [5.41, 5.74) is 2.74. The number of aliphatic hydroxyl groups excluding tert-OH is 1. The lowest BCUT2D eigenvalue weighted by Gasteiger charge is -2.38. The van der Waals surface area contributed by atoms with Crippen LogP contribution in [0.2, 0.25) is 0 Å². The fourth-order valence-corrected chi connectivity index (χ4v) is 9.33. The Morgan fingerprint density at radius 2 is 1.76 bits per heavy atom. The summed E-state index contributed by atoms with van der Waals surface area (Å²) in [7, 11) is 0. The van der Waals surface area contributed by atoms with Crippen molar-refractivity contribution in [1.82, 2.24) is 10.2 Å². The quantitative estimate of drug-likeness (QED) is 0.374. The van der Waals surface area contributed by atoms with Crippen LogP contribution in [0.25, 0.3) is 0 Å². The first-order chi connectivity index (χ1) is 19.7. The van der Waals surface area contributed by atoms with Crippen molar-refractivity contribution in [3.05, 3.63) is 60.2 Å². The first kappa shape index (κ1) is 29.5. The van der Waals surface area contributed by atoms with Gasteiger partial charge in [-0.1, -0.05) is 44.2 Å². The standard InChI is InChI=1S/C32H42N4O4S/c1-5-35(6-2)23-14-12-22(13-15-23)34-30(39)28-32-17-16-25(41-32)26(29(38)33-18-21-10-8-7-9-11-21)27(32)31(40)36(28)24(19-37)20(3)4/h7-15,20,24-28,37H,5-6,16-19H2,1-4H3,(H,33,38)(H,34,39)/t24-,25+,26-,27-,28?,32?/m0/s1. The van der Waals surface area contributed by atoms with Crippen molar-refractivity contribution < 1.29 is 19.5 Å². The van der Waals surface area contributed by atoms with Crippen molar-refractivity contribution in [2.24, 2.45) is 17.8 Å². The second-order valence-corrected chi connectivity index (χ2v) is 13.3. The van der Waals surface area contributed by atoms with E-state index in [1.165, 1.54) is 0 Å². The molecule has 2 aromatic carbocycles. The highest BCUT2D eigenvalue weighted by Gasteiger charge is 2.74. The van der Waals surface area contributed by atoms with Crippen molar-refractivity contribution in [3.63, 3.8) is 0 Å². The van der Waals surface area contributed by atoms with Gasteiger partial charge in [-0.25, -0.2) is 0 Å². The molecule has 3 aliphatic heterocycles. The van der Waals surface area contributed by atoms with Crippen LogP contribution in [0.5, 0.6) is 0 Å². The van der Waals surface area contributed by atoms with Crippen LogP contribution in [0.15, 0.2) is 54.6 Å².